The highest BCUT2D eigenvalue weighted by atomic mass is 79.9. The van der Waals surface area contributed by atoms with Crippen LogP contribution in [0.5, 0.6) is 0 Å². The lowest BCUT2D eigenvalue weighted by Crippen LogP contribution is -2.21. The van der Waals surface area contributed by atoms with Crippen LogP contribution >= 0.6 is 15.9 Å². The molecule has 68 valence electrons. The summed E-state index contributed by atoms with van der Waals surface area (Å²) < 4.78 is 1.18. The molecule has 1 aromatic carbocycles. The Morgan fingerprint density at radius 1 is 1.00 bits per heavy atom. The average Bonchev–Trinajstić information content (AvgIpc) is 2.54. The van der Waals surface area contributed by atoms with Crippen molar-refractivity contribution in [2.45, 2.75) is 0 Å². The van der Waals surface area contributed by atoms with Gasteiger partial charge in [0.25, 0.3) is 0 Å². The summed E-state index contributed by atoms with van der Waals surface area (Å²) in [6.45, 7) is 0. The van der Waals surface area contributed by atoms with Gasteiger partial charge >= 0.3 is 0 Å². The summed E-state index contributed by atoms with van der Waals surface area (Å²) in [4.78, 5) is 0. The monoisotopic (exact) mass is 244 g/mol. The van der Waals surface area contributed by atoms with Crippen molar-refractivity contribution in [1.82, 2.24) is 0 Å². The topological polar surface area (TPSA) is 0 Å². The number of hydrogen-bond donors (Lipinski definition) is 0. The van der Waals surface area contributed by atoms with Gasteiger partial charge in [-0.1, -0.05) is 58.4 Å². The summed E-state index contributed by atoms with van der Waals surface area (Å²) in [5, 5.41) is 2.74. The van der Waals surface area contributed by atoms with Gasteiger partial charge in [0.05, 0.1) is 0 Å². The van der Waals surface area contributed by atoms with E-state index in [0.29, 0.717) is 5.92 Å². The highest BCUT2D eigenvalue weighted by Gasteiger charge is 2.16. The number of halogens is 1. The third-order valence-electron chi connectivity index (χ3n) is 2.75. The van der Waals surface area contributed by atoms with Crippen LogP contribution in [0.4, 0.5) is 0 Å². The third-order valence-corrected chi connectivity index (χ3v) is 3.28. The lowest BCUT2D eigenvalue weighted by atomic mass is 9.97. The molecule has 0 heterocycles. The zero-order valence-electron chi connectivity index (χ0n) is 7.57. The summed E-state index contributed by atoms with van der Waals surface area (Å²) in [7, 11) is 0. The molecule has 0 radical (unpaired) electrons. The van der Waals surface area contributed by atoms with Crippen molar-refractivity contribution in [3.8, 4) is 0 Å². The molecule has 1 aromatic rings. The van der Waals surface area contributed by atoms with Crippen LogP contribution in [0.3, 0.4) is 0 Å². The van der Waals surface area contributed by atoms with Crippen LogP contribution in [0.1, 0.15) is 0 Å². The fourth-order valence-electron chi connectivity index (χ4n) is 2.10. The zero-order valence-corrected chi connectivity index (χ0v) is 9.16. The Kier molecular flexibility index (Phi) is 1.74. The first kappa shape index (κ1) is 8.25. The fraction of sp³-hybridized carbons (Fsp3) is 0.0769. The number of fused-ring (bicyclic) bond motifs is 2. The predicted molar refractivity (Wildman–Crippen MR) is 63.2 cm³/mol. The highest BCUT2D eigenvalue weighted by Crippen LogP contribution is 2.27. The van der Waals surface area contributed by atoms with Gasteiger partial charge in [0.1, 0.15) is 0 Å². The molecular weight excluding hydrogens is 236 g/mol. The molecule has 1 heteroatoms. The molecule has 0 nitrogen and oxygen atoms in total. The Bertz CT molecular complexity index is 561. The van der Waals surface area contributed by atoms with Gasteiger partial charge in [-0.2, -0.15) is 0 Å². The molecule has 3 rings (SSSR count). The maximum atomic E-state index is 3.51. The van der Waals surface area contributed by atoms with Crippen molar-refractivity contribution in [1.29, 1.82) is 0 Å². The van der Waals surface area contributed by atoms with Gasteiger partial charge in [0, 0.05) is 10.4 Å². The molecule has 0 amide bonds. The molecule has 2 aliphatic rings. The summed E-state index contributed by atoms with van der Waals surface area (Å²) in [6, 6.07) is 8.56. The Labute approximate surface area is 91.1 Å². The SMILES string of the molecule is BrC1=C[C@@H]2C=c3ccccc3=C2C=C1. The van der Waals surface area contributed by atoms with Gasteiger partial charge in [-0.05, 0) is 22.1 Å². The average molecular weight is 245 g/mol. The lowest BCUT2D eigenvalue weighted by Gasteiger charge is -2.10. The molecule has 0 unspecified atom stereocenters. The fourth-order valence-corrected chi connectivity index (χ4v) is 2.52. The maximum Gasteiger partial charge on any atom is 0.0227 e. The van der Waals surface area contributed by atoms with Gasteiger partial charge in [-0.3, -0.25) is 0 Å². The van der Waals surface area contributed by atoms with Crippen LogP contribution in [0.2, 0.25) is 0 Å². The first-order valence-corrected chi connectivity index (χ1v) is 5.50. The molecular formula is C13H9Br. The highest BCUT2D eigenvalue weighted by molar-refractivity contribution is 9.11. The minimum Gasteiger partial charge on any atom is -0.0653 e. The van der Waals surface area contributed by atoms with Crippen LogP contribution in [0, 0.1) is 5.92 Å². The van der Waals surface area contributed by atoms with Crippen LogP contribution in [0.15, 0.2) is 47.0 Å². The van der Waals surface area contributed by atoms with Crippen LogP contribution in [-0.4, -0.2) is 0 Å². The maximum absolute atomic E-state index is 3.51. The molecule has 0 saturated carbocycles. The zero-order chi connectivity index (χ0) is 9.54. The second-order valence-electron chi connectivity index (χ2n) is 3.62. The summed E-state index contributed by atoms with van der Waals surface area (Å²) >= 11 is 3.51. The third kappa shape index (κ3) is 1.12. The Morgan fingerprint density at radius 2 is 1.86 bits per heavy atom. The summed E-state index contributed by atoms with van der Waals surface area (Å²) in [5.41, 5.74) is 1.42. The van der Waals surface area contributed by atoms with Gasteiger partial charge < -0.3 is 0 Å². The summed E-state index contributed by atoms with van der Waals surface area (Å²) in [6.07, 6.45) is 8.88. The van der Waals surface area contributed by atoms with Crippen molar-refractivity contribution >= 4 is 27.6 Å². The van der Waals surface area contributed by atoms with E-state index in [-0.39, 0.29) is 0 Å². The molecule has 1 atom stereocenters. The molecule has 0 aliphatic heterocycles. The normalized spacial score (nSPS) is 22.5. The molecule has 0 aromatic heterocycles. The molecule has 0 fully saturated rings. The van der Waals surface area contributed by atoms with Gasteiger partial charge in [0.15, 0.2) is 0 Å². The minimum atomic E-state index is 0.465. The van der Waals surface area contributed by atoms with Gasteiger partial charge in [0.2, 0.25) is 0 Å². The van der Waals surface area contributed by atoms with E-state index in [2.05, 4.69) is 64.5 Å². The Hall–Kier alpha value is -1.08. The minimum absolute atomic E-state index is 0.465. The van der Waals surface area contributed by atoms with E-state index < -0.39 is 0 Å². The van der Waals surface area contributed by atoms with E-state index in [1.807, 2.05) is 0 Å². The van der Waals surface area contributed by atoms with Crippen LogP contribution < -0.4 is 10.4 Å². The van der Waals surface area contributed by atoms with Crippen LogP contribution in [-0.2, 0) is 0 Å². The first-order valence-electron chi connectivity index (χ1n) is 4.71. The van der Waals surface area contributed by atoms with Crippen molar-refractivity contribution < 1.29 is 0 Å². The second-order valence-corrected chi connectivity index (χ2v) is 4.54. The van der Waals surface area contributed by atoms with Crippen molar-refractivity contribution in [2.75, 3.05) is 0 Å². The standard InChI is InChI=1S/C13H9Br/c14-11-5-6-13-10(8-11)7-9-3-1-2-4-12(9)13/h1-8,10H/t10-/m0/s1. The van der Waals surface area contributed by atoms with E-state index in [9.17, 15) is 0 Å². The van der Waals surface area contributed by atoms with Gasteiger partial charge in [-0.25, -0.2) is 0 Å². The molecule has 0 saturated heterocycles. The van der Waals surface area contributed by atoms with E-state index in [1.165, 1.54) is 20.5 Å². The predicted octanol–water partition coefficient (Wildman–Crippen LogP) is 2.10. The smallest absolute Gasteiger partial charge is 0.0227 e. The van der Waals surface area contributed by atoms with Crippen LogP contribution in [0.25, 0.3) is 11.6 Å². The van der Waals surface area contributed by atoms with E-state index >= 15 is 0 Å². The van der Waals surface area contributed by atoms with Crippen molar-refractivity contribution in [2.24, 2.45) is 5.92 Å². The van der Waals surface area contributed by atoms with Crippen molar-refractivity contribution in [3.63, 3.8) is 0 Å². The van der Waals surface area contributed by atoms with E-state index in [0.717, 1.165) is 0 Å². The number of benzene rings is 1. The molecule has 0 spiro atoms. The molecule has 2 aliphatic carbocycles. The summed E-state index contributed by atoms with van der Waals surface area (Å²) in [5.74, 6) is 0.465. The van der Waals surface area contributed by atoms with E-state index in [4.69, 9.17) is 0 Å². The Morgan fingerprint density at radius 3 is 2.79 bits per heavy atom. The van der Waals surface area contributed by atoms with Gasteiger partial charge in [-0.15, -0.1) is 0 Å². The quantitative estimate of drug-likeness (QED) is 0.656. The largest absolute Gasteiger partial charge is 0.0653 e. The molecule has 0 N–H and O–H groups in total. The second kappa shape index (κ2) is 2.96. The Balaban J connectivity index is 2.36. The first-order chi connectivity index (χ1) is 6.84. The molecule has 0 bridgehead atoms. The number of hydrogen-bond acceptors (Lipinski definition) is 0. The van der Waals surface area contributed by atoms with Crippen molar-refractivity contribution in [3.05, 3.63) is 57.4 Å². The van der Waals surface area contributed by atoms with E-state index in [1.54, 1.807) is 0 Å². The number of allylic oxidation sites excluding steroid dienone is 4. The molecule has 14 heavy (non-hydrogen) atoms. The number of rotatable bonds is 0. The lowest BCUT2D eigenvalue weighted by molar-refractivity contribution is 1.17.